The third-order valence-electron chi connectivity index (χ3n) is 2.75. The standard InChI is InChI=1S/C10H17N3S3/c1-7-10(15-3-2-14-7)9(13-11)4-8-5-12-6-16-8/h5-7,9-10,13H,2-4,11H2,1H3. The quantitative estimate of drug-likeness (QED) is 0.648. The van der Waals surface area contributed by atoms with Crippen LogP contribution in [-0.2, 0) is 6.42 Å². The molecule has 1 fully saturated rings. The molecule has 3 atom stereocenters. The Morgan fingerprint density at radius 2 is 2.38 bits per heavy atom. The molecule has 0 spiro atoms. The summed E-state index contributed by atoms with van der Waals surface area (Å²) in [6.45, 7) is 2.30. The lowest BCUT2D eigenvalue weighted by Crippen LogP contribution is -2.48. The van der Waals surface area contributed by atoms with Crippen LogP contribution in [0.25, 0.3) is 0 Å². The van der Waals surface area contributed by atoms with Crippen molar-refractivity contribution in [2.75, 3.05) is 11.5 Å². The van der Waals surface area contributed by atoms with Crippen LogP contribution in [0.15, 0.2) is 11.7 Å². The Hall–Kier alpha value is 0.250. The first-order valence-corrected chi connectivity index (χ1v) is 8.35. The minimum absolute atomic E-state index is 0.355. The fourth-order valence-electron chi connectivity index (χ4n) is 1.92. The highest BCUT2D eigenvalue weighted by atomic mass is 32.2. The predicted octanol–water partition coefficient (Wildman–Crippen LogP) is 1.75. The minimum Gasteiger partial charge on any atom is -0.271 e. The van der Waals surface area contributed by atoms with Crippen molar-refractivity contribution < 1.29 is 0 Å². The highest BCUT2D eigenvalue weighted by Gasteiger charge is 2.30. The molecule has 6 heteroatoms. The van der Waals surface area contributed by atoms with Crippen molar-refractivity contribution in [1.82, 2.24) is 10.4 Å². The number of nitrogens with one attached hydrogen (secondary N) is 1. The van der Waals surface area contributed by atoms with Gasteiger partial charge >= 0.3 is 0 Å². The summed E-state index contributed by atoms with van der Waals surface area (Å²) in [5, 5.41) is 1.28. The lowest BCUT2D eigenvalue weighted by atomic mass is 10.1. The smallest absolute Gasteiger partial charge is 0.0794 e. The predicted molar refractivity (Wildman–Crippen MR) is 75.1 cm³/mol. The van der Waals surface area contributed by atoms with Crippen molar-refractivity contribution in [2.45, 2.75) is 29.9 Å². The zero-order valence-electron chi connectivity index (χ0n) is 9.26. The van der Waals surface area contributed by atoms with Gasteiger partial charge in [-0.3, -0.25) is 16.3 Å². The van der Waals surface area contributed by atoms with Crippen molar-refractivity contribution in [1.29, 1.82) is 0 Å². The number of rotatable bonds is 4. The maximum atomic E-state index is 5.69. The molecule has 0 amide bonds. The van der Waals surface area contributed by atoms with E-state index in [9.17, 15) is 0 Å². The second kappa shape index (κ2) is 6.26. The van der Waals surface area contributed by atoms with E-state index in [1.54, 1.807) is 11.3 Å². The summed E-state index contributed by atoms with van der Waals surface area (Å²) in [5.41, 5.74) is 4.87. The average molecular weight is 275 g/mol. The van der Waals surface area contributed by atoms with Crippen molar-refractivity contribution in [2.24, 2.45) is 5.84 Å². The molecule has 2 heterocycles. The maximum Gasteiger partial charge on any atom is 0.0794 e. The topological polar surface area (TPSA) is 50.9 Å². The minimum atomic E-state index is 0.355. The normalized spacial score (nSPS) is 27.9. The third kappa shape index (κ3) is 3.13. The zero-order valence-corrected chi connectivity index (χ0v) is 11.7. The van der Waals surface area contributed by atoms with Crippen LogP contribution in [-0.4, -0.2) is 33.0 Å². The van der Waals surface area contributed by atoms with Crippen molar-refractivity contribution in [3.05, 3.63) is 16.6 Å². The van der Waals surface area contributed by atoms with Gasteiger partial charge in [-0.15, -0.1) is 11.3 Å². The van der Waals surface area contributed by atoms with Gasteiger partial charge in [0.1, 0.15) is 0 Å². The number of hydrogen-bond donors (Lipinski definition) is 2. The molecule has 0 saturated carbocycles. The second-order valence-electron chi connectivity index (χ2n) is 3.86. The molecule has 0 bridgehead atoms. The Morgan fingerprint density at radius 3 is 3.00 bits per heavy atom. The van der Waals surface area contributed by atoms with Gasteiger partial charge in [-0.25, -0.2) is 0 Å². The number of hydrogen-bond acceptors (Lipinski definition) is 6. The van der Waals surface area contributed by atoms with Gasteiger partial charge in [0.15, 0.2) is 0 Å². The molecule has 2 rings (SSSR count). The fourth-order valence-corrected chi connectivity index (χ4v) is 5.52. The van der Waals surface area contributed by atoms with Crippen LogP contribution in [0.1, 0.15) is 11.8 Å². The van der Waals surface area contributed by atoms with E-state index >= 15 is 0 Å². The van der Waals surface area contributed by atoms with Crippen LogP contribution in [0.4, 0.5) is 0 Å². The summed E-state index contributed by atoms with van der Waals surface area (Å²) in [6.07, 6.45) is 2.93. The van der Waals surface area contributed by atoms with Crippen LogP contribution in [0.2, 0.25) is 0 Å². The van der Waals surface area contributed by atoms with Crippen LogP contribution < -0.4 is 11.3 Å². The van der Waals surface area contributed by atoms with E-state index in [-0.39, 0.29) is 0 Å². The first kappa shape index (κ1) is 12.7. The number of nitrogens with two attached hydrogens (primary N) is 1. The second-order valence-corrected chi connectivity index (χ2v) is 7.60. The molecule has 0 aromatic carbocycles. The third-order valence-corrected chi connectivity index (χ3v) is 6.81. The molecule has 1 aromatic heterocycles. The van der Waals surface area contributed by atoms with Gasteiger partial charge in [0.05, 0.1) is 5.51 Å². The molecule has 1 aromatic rings. The van der Waals surface area contributed by atoms with Gasteiger partial charge in [0, 0.05) is 45.5 Å². The van der Waals surface area contributed by atoms with E-state index in [4.69, 9.17) is 5.84 Å². The molecule has 0 radical (unpaired) electrons. The van der Waals surface area contributed by atoms with Crippen molar-refractivity contribution in [3.8, 4) is 0 Å². The monoisotopic (exact) mass is 275 g/mol. The fraction of sp³-hybridized carbons (Fsp3) is 0.700. The largest absolute Gasteiger partial charge is 0.271 e. The Kier molecular flexibility index (Phi) is 4.97. The molecule has 3 unspecified atom stereocenters. The molecule has 3 N–H and O–H groups in total. The Morgan fingerprint density at radius 1 is 1.56 bits per heavy atom. The molecule has 0 aliphatic carbocycles. The first-order valence-electron chi connectivity index (χ1n) is 5.38. The van der Waals surface area contributed by atoms with Crippen molar-refractivity contribution in [3.63, 3.8) is 0 Å². The van der Waals surface area contributed by atoms with Crippen LogP contribution >= 0.6 is 34.9 Å². The summed E-state index contributed by atoms with van der Waals surface area (Å²) in [6, 6.07) is 0.355. The summed E-state index contributed by atoms with van der Waals surface area (Å²) in [4.78, 5) is 5.42. The number of thioether (sulfide) groups is 2. The van der Waals surface area contributed by atoms with Gasteiger partial charge in [-0.1, -0.05) is 6.92 Å². The molecule has 1 aliphatic heterocycles. The summed E-state index contributed by atoms with van der Waals surface area (Å²) in [7, 11) is 0. The van der Waals surface area contributed by atoms with Crippen LogP contribution in [0.5, 0.6) is 0 Å². The van der Waals surface area contributed by atoms with Gasteiger partial charge in [-0.05, 0) is 0 Å². The number of hydrazine groups is 1. The molecule has 3 nitrogen and oxygen atoms in total. The SMILES string of the molecule is CC1SCCSC1C(Cc1cncs1)NN. The highest BCUT2D eigenvalue weighted by Crippen LogP contribution is 2.33. The van der Waals surface area contributed by atoms with E-state index in [0.29, 0.717) is 16.5 Å². The van der Waals surface area contributed by atoms with Crippen LogP contribution in [0, 0.1) is 0 Å². The Bertz CT molecular complexity index is 304. The highest BCUT2D eigenvalue weighted by molar-refractivity contribution is 8.07. The number of thiazole rings is 1. The lowest BCUT2D eigenvalue weighted by Gasteiger charge is -2.33. The van der Waals surface area contributed by atoms with Gasteiger partial charge < -0.3 is 0 Å². The van der Waals surface area contributed by atoms with E-state index in [1.807, 2.05) is 23.5 Å². The van der Waals surface area contributed by atoms with E-state index in [2.05, 4.69) is 29.1 Å². The van der Waals surface area contributed by atoms with Crippen molar-refractivity contribution >= 4 is 34.9 Å². The molecule has 1 aliphatic rings. The summed E-state index contributed by atoms with van der Waals surface area (Å²) in [5.74, 6) is 8.19. The Balaban J connectivity index is 1.98. The van der Waals surface area contributed by atoms with Crippen LogP contribution in [0.3, 0.4) is 0 Å². The van der Waals surface area contributed by atoms with E-state index in [0.717, 1.165) is 6.42 Å². The molecule has 1 saturated heterocycles. The molecule has 16 heavy (non-hydrogen) atoms. The zero-order chi connectivity index (χ0) is 11.4. The molecular formula is C10H17N3S3. The van der Waals surface area contributed by atoms with Gasteiger partial charge in [0.2, 0.25) is 0 Å². The van der Waals surface area contributed by atoms with Gasteiger partial charge in [0.25, 0.3) is 0 Å². The average Bonchev–Trinajstić information content (AvgIpc) is 2.80. The Labute approximate surface area is 109 Å². The summed E-state index contributed by atoms with van der Waals surface area (Å²) < 4.78 is 0. The number of aromatic nitrogens is 1. The molecule has 90 valence electrons. The number of nitrogens with zero attached hydrogens (tertiary/aromatic N) is 1. The first-order chi connectivity index (χ1) is 7.81. The van der Waals surface area contributed by atoms with Gasteiger partial charge in [-0.2, -0.15) is 23.5 Å². The summed E-state index contributed by atoms with van der Waals surface area (Å²) >= 11 is 5.81. The van der Waals surface area contributed by atoms with E-state index in [1.165, 1.54) is 16.4 Å². The van der Waals surface area contributed by atoms with E-state index < -0.39 is 0 Å². The lowest BCUT2D eigenvalue weighted by molar-refractivity contribution is 0.504. The molecular weight excluding hydrogens is 258 g/mol. The maximum absolute atomic E-state index is 5.69.